The van der Waals surface area contributed by atoms with Gasteiger partial charge in [-0.25, -0.2) is 14.8 Å². The van der Waals surface area contributed by atoms with Crippen LogP contribution in [-0.4, -0.2) is 52.2 Å². The minimum absolute atomic E-state index is 0.301. The van der Waals surface area contributed by atoms with Crippen molar-refractivity contribution in [3.05, 3.63) is 36.5 Å². The maximum Gasteiger partial charge on any atom is 0.410 e. The van der Waals surface area contributed by atoms with Crippen LogP contribution in [-0.2, 0) is 0 Å². The number of carbonyl (C=O) groups excluding carboxylic acids is 1. The standard InChI is InChI=1S/C19H23N5O3/c1-3-24(4-2)11-12-26-18-13(7-6-10-21-18)17-22-14-8-5-9-15(16(14)23-17)27-19(20)25/h5-10H,3-4,11-12H2,1-2H3,(H2,20,25)(H,22,23). The number of ether oxygens (including phenoxy) is 2. The van der Waals surface area contributed by atoms with Crippen molar-refractivity contribution < 1.29 is 14.3 Å². The lowest BCUT2D eigenvalue weighted by atomic mass is 10.2. The first-order chi connectivity index (χ1) is 13.1. The number of primary amides is 1. The van der Waals surface area contributed by atoms with E-state index in [1.807, 2.05) is 18.2 Å². The Labute approximate surface area is 157 Å². The van der Waals surface area contributed by atoms with E-state index < -0.39 is 6.09 Å². The lowest BCUT2D eigenvalue weighted by Crippen LogP contribution is -2.28. The third-order valence-electron chi connectivity index (χ3n) is 4.25. The quantitative estimate of drug-likeness (QED) is 0.632. The van der Waals surface area contributed by atoms with Gasteiger partial charge in [-0.1, -0.05) is 19.9 Å². The van der Waals surface area contributed by atoms with E-state index in [1.54, 1.807) is 18.3 Å². The number of amides is 1. The fraction of sp³-hybridized carbons (Fsp3) is 0.316. The van der Waals surface area contributed by atoms with Crippen LogP contribution in [0.15, 0.2) is 36.5 Å². The molecule has 8 nitrogen and oxygen atoms in total. The van der Waals surface area contributed by atoms with Crippen LogP contribution in [0.1, 0.15) is 13.8 Å². The Morgan fingerprint density at radius 2 is 2.04 bits per heavy atom. The topological polar surface area (TPSA) is 106 Å². The van der Waals surface area contributed by atoms with E-state index in [1.165, 1.54) is 0 Å². The van der Waals surface area contributed by atoms with E-state index in [2.05, 4.69) is 33.7 Å². The average molecular weight is 369 g/mol. The molecule has 0 spiro atoms. The second kappa shape index (κ2) is 8.50. The number of carbonyl (C=O) groups is 1. The zero-order valence-corrected chi connectivity index (χ0v) is 15.4. The molecule has 0 aliphatic carbocycles. The molecule has 0 aliphatic rings. The fourth-order valence-electron chi connectivity index (χ4n) is 2.82. The molecule has 3 rings (SSSR count). The van der Waals surface area contributed by atoms with E-state index in [0.717, 1.165) is 30.7 Å². The number of imidazole rings is 1. The van der Waals surface area contributed by atoms with Crippen LogP contribution >= 0.6 is 0 Å². The SMILES string of the molecule is CCN(CC)CCOc1ncccc1-c1nc2c(OC(N)=O)cccc2[nH]1. The molecular formula is C19H23N5O3. The van der Waals surface area contributed by atoms with Crippen molar-refractivity contribution in [3.63, 3.8) is 0 Å². The van der Waals surface area contributed by atoms with Gasteiger partial charge in [0, 0.05) is 12.7 Å². The van der Waals surface area contributed by atoms with Gasteiger partial charge in [-0.15, -0.1) is 0 Å². The Bertz CT molecular complexity index is 921. The number of nitrogens with one attached hydrogen (secondary N) is 1. The van der Waals surface area contributed by atoms with E-state index in [9.17, 15) is 4.79 Å². The number of likely N-dealkylation sites (N-methyl/N-ethyl adjacent to an activating group) is 1. The molecule has 0 fully saturated rings. The van der Waals surface area contributed by atoms with Gasteiger partial charge in [0.15, 0.2) is 5.75 Å². The van der Waals surface area contributed by atoms with Crippen LogP contribution in [0.4, 0.5) is 4.79 Å². The van der Waals surface area contributed by atoms with Crippen LogP contribution in [0.5, 0.6) is 11.6 Å². The molecule has 1 aromatic carbocycles. The molecule has 3 N–H and O–H groups in total. The minimum atomic E-state index is -0.881. The summed E-state index contributed by atoms with van der Waals surface area (Å²) in [6.07, 6.45) is 0.800. The second-order valence-electron chi connectivity index (χ2n) is 5.89. The Kier molecular flexibility index (Phi) is 5.87. The van der Waals surface area contributed by atoms with Crippen molar-refractivity contribution in [1.82, 2.24) is 19.9 Å². The molecule has 8 heteroatoms. The van der Waals surface area contributed by atoms with E-state index in [-0.39, 0.29) is 0 Å². The average Bonchev–Trinajstić information content (AvgIpc) is 3.10. The Balaban J connectivity index is 1.87. The monoisotopic (exact) mass is 369 g/mol. The summed E-state index contributed by atoms with van der Waals surface area (Å²) in [5.41, 5.74) is 7.10. The molecule has 0 bridgehead atoms. The van der Waals surface area contributed by atoms with Crippen LogP contribution < -0.4 is 15.2 Å². The molecule has 0 unspecified atom stereocenters. The first-order valence-corrected chi connectivity index (χ1v) is 8.89. The summed E-state index contributed by atoms with van der Waals surface area (Å²) in [6, 6.07) is 8.94. The number of benzene rings is 1. The third kappa shape index (κ3) is 4.35. The van der Waals surface area contributed by atoms with Crippen LogP contribution in [0.3, 0.4) is 0 Å². The number of nitrogens with zero attached hydrogens (tertiary/aromatic N) is 3. The first-order valence-electron chi connectivity index (χ1n) is 8.89. The Morgan fingerprint density at radius 1 is 1.22 bits per heavy atom. The van der Waals surface area contributed by atoms with Gasteiger partial charge in [-0.2, -0.15) is 0 Å². The summed E-state index contributed by atoms with van der Waals surface area (Å²) < 4.78 is 10.9. The number of hydrogen-bond acceptors (Lipinski definition) is 6. The van der Waals surface area contributed by atoms with Gasteiger partial charge in [0.05, 0.1) is 11.1 Å². The highest BCUT2D eigenvalue weighted by Gasteiger charge is 2.15. The van der Waals surface area contributed by atoms with Crippen LogP contribution in [0.2, 0.25) is 0 Å². The van der Waals surface area contributed by atoms with Crippen molar-refractivity contribution in [1.29, 1.82) is 0 Å². The molecular weight excluding hydrogens is 346 g/mol. The molecule has 0 aliphatic heterocycles. The predicted molar refractivity (Wildman–Crippen MR) is 103 cm³/mol. The lowest BCUT2D eigenvalue weighted by molar-refractivity contribution is 0.211. The summed E-state index contributed by atoms with van der Waals surface area (Å²) >= 11 is 0. The summed E-state index contributed by atoms with van der Waals surface area (Å²) in [6.45, 7) is 7.54. The van der Waals surface area contributed by atoms with Gasteiger partial charge < -0.3 is 25.1 Å². The zero-order chi connectivity index (χ0) is 19.2. The maximum absolute atomic E-state index is 11.1. The molecule has 0 atom stereocenters. The second-order valence-corrected chi connectivity index (χ2v) is 5.89. The van der Waals surface area contributed by atoms with E-state index >= 15 is 0 Å². The fourth-order valence-corrected chi connectivity index (χ4v) is 2.82. The van der Waals surface area contributed by atoms with E-state index in [0.29, 0.717) is 29.6 Å². The van der Waals surface area contributed by atoms with Crippen molar-refractivity contribution in [2.24, 2.45) is 5.73 Å². The number of fused-ring (bicyclic) bond motifs is 1. The third-order valence-corrected chi connectivity index (χ3v) is 4.25. The smallest absolute Gasteiger partial charge is 0.410 e. The van der Waals surface area contributed by atoms with Crippen LogP contribution in [0, 0.1) is 0 Å². The highest BCUT2D eigenvalue weighted by Crippen LogP contribution is 2.30. The summed E-state index contributed by atoms with van der Waals surface area (Å²) in [5.74, 6) is 1.38. The van der Waals surface area contributed by atoms with Gasteiger partial charge >= 0.3 is 6.09 Å². The van der Waals surface area contributed by atoms with Crippen molar-refractivity contribution >= 4 is 17.1 Å². The number of aromatic nitrogens is 3. The number of rotatable bonds is 8. The van der Waals surface area contributed by atoms with Crippen molar-refractivity contribution in [2.45, 2.75) is 13.8 Å². The number of H-pyrrole nitrogens is 1. The molecule has 1 amide bonds. The van der Waals surface area contributed by atoms with Crippen molar-refractivity contribution in [2.75, 3.05) is 26.2 Å². The maximum atomic E-state index is 11.1. The summed E-state index contributed by atoms with van der Waals surface area (Å²) in [5, 5.41) is 0. The van der Waals surface area contributed by atoms with Gasteiger partial charge in [0.2, 0.25) is 5.88 Å². The number of para-hydroxylation sites is 1. The molecule has 0 saturated heterocycles. The van der Waals surface area contributed by atoms with Gasteiger partial charge in [0.25, 0.3) is 0 Å². The highest BCUT2D eigenvalue weighted by molar-refractivity contribution is 5.87. The zero-order valence-electron chi connectivity index (χ0n) is 15.4. The largest absolute Gasteiger partial charge is 0.476 e. The number of pyridine rings is 1. The highest BCUT2D eigenvalue weighted by atomic mass is 16.5. The number of aromatic amines is 1. The lowest BCUT2D eigenvalue weighted by Gasteiger charge is -2.18. The normalized spacial score (nSPS) is 11.1. The minimum Gasteiger partial charge on any atom is -0.476 e. The molecule has 3 aromatic rings. The molecule has 27 heavy (non-hydrogen) atoms. The molecule has 0 radical (unpaired) electrons. The predicted octanol–water partition coefficient (Wildman–Crippen LogP) is 2.80. The summed E-state index contributed by atoms with van der Waals surface area (Å²) in [7, 11) is 0. The van der Waals surface area contributed by atoms with Crippen molar-refractivity contribution in [3.8, 4) is 23.0 Å². The van der Waals surface area contributed by atoms with Gasteiger partial charge in [0.1, 0.15) is 17.9 Å². The molecule has 2 aromatic heterocycles. The molecule has 0 saturated carbocycles. The Morgan fingerprint density at radius 3 is 2.78 bits per heavy atom. The summed E-state index contributed by atoms with van der Waals surface area (Å²) in [4.78, 5) is 25.5. The Hall–Kier alpha value is -3.13. The molecule has 142 valence electrons. The van der Waals surface area contributed by atoms with E-state index in [4.69, 9.17) is 15.2 Å². The van der Waals surface area contributed by atoms with Crippen LogP contribution in [0.25, 0.3) is 22.4 Å². The number of hydrogen-bond donors (Lipinski definition) is 2. The van der Waals surface area contributed by atoms with Gasteiger partial charge in [-0.05, 0) is 37.4 Å². The van der Waals surface area contributed by atoms with Gasteiger partial charge in [-0.3, -0.25) is 0 Å². The molecule has 2 heterocycles. The first kappa shape index (κ1) is 18.7. The number of nitrogens with two attached hydrogens (primary N) is 1.